The van der Waals surface area contributed by atoms with Gasteiger partial charge in [-0.25, -0.2) is 0 Å². The summed E-state index contributed by atoms with van der Waals surface area (Å²) in [7, 11) is 0. The Bertz CT molecular complexity index is 943. The Hall–Kier alpha value is -2.16. The number of fused-ring (bicyclic) bond motifs is 5. The maximum absolute atomic E-state index is 11.8. The Labute approximate surface area is 180 Å². The molecular weight excluding hydrogens is 370 g/mol. The van der Waals surface area contributed by atoms with Crippen molar-refractivity contribution in [3.05, 3.63) is 59.5 Å². The van der Waals surface area contributed by atoms with Crippen LogP contribution in [0.5, 0.6) is 0 Å². The summed E-state index contributed by atoms with van der Waals surface area (Å²) in [6, 6.07) is 4.25. The van der Waals surface area contributed by atoms with Gasteiger partial charge < -0.3 is 4.74 Å². The molecule has 2 saturated carbocycles. The van der Waals surface area contributed by atoms with E-state index in [1.54, 1.807) is 11.1 Å². The van der Waals surface area contributed by atoms with Gasteiger partial charge in [0.05, 0.1) is 0 Å². The zero-order chi connectivity index (χ0) is 20.9. The highest BCUT2D eigenvalue weighted by Gasteiger charge is 2.54. The van der Waals surface area contributed by atoms with Crippen molar-refractivity contribution in [3.63, 3.8) is 0 Å². The third-order valence-electron chi connectivity index (χ3n) is 8.66. The van der Waals surface area contributed by atoms with Gasteiger partial charge in [-0.05, 0) is 66.6 Å². The number of hydrogen-bond acceptors (Lipinski definition) is 3. The fraction of sp³-hybridized carbons (Fsp3) is 0.556. The van der Waals surface area contributed by atoms with Gasteiger partial charge in [0.1, 0.15) is 6.10 Å². The molecule has 4 aliphatic carbocycles. The Morgan fingerprint density at radius 2 is 2.10 bits per heavy atom. The predicted octanol–water partition coefficient (Wildman–Crippen LogP) is 6.28. The summed E-state index contributed by atoms with van der Waals surface area (Å²) in [6.07, 6.45) is 18.4. The molecule has 0 spiro atoms. The highest BCUT2D eigenvalue weighted by atomic mass is 16.5. The highest BCUT2D eigenvalue weighted by Crippen LogP contribution is 2.64. The topological polar surface area (TPSA) is 39.2 Å². The number of carbonyl (C=O) groups excluding carboxylic acids is 1. The number of esters is 1. The molecule has 2 fully saturated rings. The molecule has 30 heavy (non-hydrogen) atoms. The molecule has 1 aromatic heterocycles. The van der Waals surface area contributed by atoms with Crippen LogP contribution in [-0.4, -0.2) is 17.1 Å². The Morgan fingerprint density at radius 3 is 2.87 bits per heavy atom. The molecule has 0 radical (unpaired) electrons. The molecule has 0 bridgehead atoms. The molecular formula is C27H33NO2. The van der Waals surface area contributed by atoms with Gasteiger partial charge >= 0.3 is 5.97 Å². The van der Waals surface area contributed by atoms with Crippen LogP contribution in [0.3, 0.4) is 0 Å². The summed E-state index contributed by atoms with van der Waals surface area (Å²) >= 11 is 0. The molecule has 158 valence electrons. The molecule has 1 heterocycles. The highest BCUT2D eigenvalue weighted by molar-refractivity contribution is 5.78. The number of hydrogen-bond donors (Lipinski definition) is 0. The van der Waals surface area contributed by atoms with Crippen LogP contribution in [0.1, 0.15) is 71.3 Å². The fourth-order valence-corrected chi connectivity index (χ4v) is 6.94. The van der Waals surface area contributed by atoms with E-state index < -0.39 is 0 Å². The Morgan fingerprint density at radius 1 is 1.23 bits per heavy atom. The van der Waals surface area contributed by atoms with Gasteiger partial charge in [0.25, 0.3) is 0 Å². The molecule has 5 rings (SSSR count). The smallest absolute Gasteiger partial charge is 0.305 e. The van der Waals surface area contributed by atoms with Crippen LogP contribution >= 0.6 is 0 Å². The van der Waals surface area contributed by atoms with Crippen molar-refractivity contribution in [1.29, 1.82) is 0 Å². The minimum atomic E-state index is -0.0589. The zero-order valence-electron chi connectivity index (χ0n) is 18.5. The third kappa shape index (κ3) is 2.92. The number of nitrogens with zero attached hydrogens (tertiary/aromatic N) is 1. The number of aromatic nitrogens is 1. The average molecular weight is 404 g/mol. The van der Waals surface area contributed by atoms with Crippen molar-refractivity contribution in [2.45, 2.75) is 71.8 Å². The molecule has 0 aromatic carbocycles. The van der Waals surface area contributed by atoms with Crippen molar-refractivity contribution in [3.8, 4) is 0 Å². The van der Waals surface area contributed by atoms with E-state index in [0.717, 1.165) is 25.7 Å². The van der Waals surface area contributed by atoms with E-state index in [2.05, 4.69) is 43.1 Å². The minimum absolute atomic E-state index is 0.0589. The number of rotatable bonds is 3. The molecule has 4 aliphatic rings. The maximum Gasteiger partial charge on any atom is 0.305 e. The van der Waals surface area contributed by atoms with Gasteiger partial charge in [-0.1, -0.05) is 56.2 Å². The second-order valence-electron chi connectivity index (χ2n) is 10.1. The van der Waals surface area contributed by atoms with Gasteiger partial charge in [-0.3, -0.25) is 9.78 Å². The van der Waals surface area contributed by atoms with Crippen LogP contribution in [0.4, 0.5) is 0 Å². The normalized spacial score (nSPS) is 37.2. The summed E-state index contributed by atoms with van der Waals surface area (Å²) in [5.74, 6) is 1.26. The minimum Gasteiger partial charge on any atom is -0.462 e. The molecule has 3 nitrogen and oxygen atoms in total. The van der Waals surface area contributed by atoms with E-state index in [0.29, 0.717) is 18.3 Å². The zero-order valence-corrected chi connectivity index (χ0v) is 18.5. The standard InChI is InChI=1S/C27H33NO2/c1-4-25(29)30-20-11-13-26(2)19(16-20)7-8-21-23-10-9-22(18-6-5-15-28-17-18)27(23,3)14-12-24(21)26/h5-7,9-10,15,17,20-21,24H,4,8,11-14,16H2,1-3H3/t20-,21?,24?,26-,27+/m0/s1. The van der Waals surface area contributed by atoms with E-state index >= 15 is 0 Å². The molecule has 0 amide bonds. The molecule has 0 N–H and O–H groups in total. The second kappa shape index (κ2) is 7.21. The van der Waals surface area contributed by atoms with Gasteiger partial charge in [-0.15, -0.1) is 0 Å². The van der Waals surface area contributed by atoms with Gasteiger partial charge in [0, 0.05) is 30.7 Å². The van der Waals surface area contributed by atoms with Gasteiger partial charge in [0.2, 0.25) is 0 Å². The van der Waals surface area contributed by atoms with E-state index in [1.165, 1.54) is 24.0 Å². The van der Waals surface area contributed by atoms with Crippen molar-refractivity contribution in [2.75, 3.05) is 0 Å². The number of carbonyl (C=O) groups is 1. The van der Waals surface area contributed by atoms with Crippen LogP contribution in [-0.2, 0) is 9.53 Å². The predicted molar refractivity (Wildman–Crippen MR) is 119 cm³/mol. The first kappa shape index (κ1) is 19.8. The lowest BCUT2D eigenvalue weighted by molar-refractivity contribution is -0.150. The molecule has 2 unspecified atom stereocenters. The molecule has 3 heteroatoms. The van der Waals surface area contributed by atoms with Gasteiger partial charge in [-0.2, -0.15) is 0 Å². The Balaban J connectivity index is 1.40. The average Bonchev–Trinajstić information content (AvgIpc) is 3.11. The van der Waals surface area contributed by atoms with Crippen LogP contribution in [0.25, 0.3) is 5.57 Å². The first-order valence-corrected chi connectivity index (χ1v) is 11.7. The van der Waals surface area contributed by atoms with Crippen LogP contribution in [0.2, 0.25) is 0 Å². The first-order chi connectivity index (χ1) is 14.5. The number of allylic oxidation sites excluding steroid dienone is 5. The monoisotopic (exact) mass is 403 g/mol. The van der Waals surface area contributed by atoms with E-state index in [-0.39, 0.29) is 22.9 Å². The van der Waals surface area contributed by atoms with Crippen molar-refractivity contribution in [2.24, 2.45) is 22.7 Å². The SMILES string of the molecule is CCC(=O)O[C@H]1CC[C@@]2(C)C(=CCC3C4=CC=C(c5cccnc5)[C@@]4(C)CCC32)C1. The van der Waals surface area contributed by atoms with E-state index in [4.69, 9.17) is 4.74 Å². The maximum atomic E-state index is 11.8. The second-order valence-corrected chi connectivity index (χ2v) is 10.1. The number of ether oxygens (including phenoxy) is 1. The summed E-state index contributed by atoms with van der Waals surface area (Å²) in [4.78, 5) is 16.2. The summed E-state index contributed by atoms with van der Waals surface area (Å²) in [5.41, 5.74) is 6.28. The lowest BCUT2D eigenvalue weighted by atomic mass is 9.49. The third-order valence-corrected chi connectivity index (χ3v) is 8.66. The number of pyridine rings is 1. The molecule has 1 aromatic rings. The van der Waals surface area contributed by atoms with Gasteiger partial charge in [0.15, 0.2) is 0 Å². The van der Waals surface area contributed by atoms with E-state index in [1.807, 2.05) is 25.4 Å². The summed E-state index contributed by atoms with van der Waals surface area (Å²) in [5, 5.41) is 0. The van der Waals surface area contributed by atoms with Crippen LogP contribution < -0.4 is 0 Å². The fourth-order valence-electron chi connectivity index (χ4n) is 6.94. The molecule has 0 aliphatic heterocycles. The summed E-state index contributed by atoms with van der Waals surface area (Å²) < 4.78 is 5.71. The first-order valence-electron chi connectivity index (χ1n) is 11.7. The van der Waals surface area contributed by atoms with Crippen LogP contribution in [0.15, 0.2) is 53.9 Å². The Kier molecular flexibility index (Phi) is 4.76. The quantitative estimate of drug-likeness (QED) is 0.440. The largest absolute Gasteiger partial charge is 0.462 e. The molecule has 5 atom stereocenters. The lowest BCUT2D eigenvalue weighted by Crippen LogP contribution is -2.47. The van der Waals surface area contributed by atoms with Crippen LogP contribution in [0, 0.1) is 22.7 Å². The summed E-state index contributed by atoms with van der Waals surface area (Å²) in [6.45, 7) is 6.81. The van der Waals surface area contributed by atoms with E-state index in [9.17, 15) is 4.79 Å². The van der Waals surface area contributed by atoms with Crippen molar-refractivity contribution >= 4 is 11.5 Å². The van der Waals surface area contributed by atoms with Crippen molar-refractivity contribution < 1.29 is 9.53 Å². The van der Waals surface area contributed by atoms with Crippen molar-refractivity contribution in [1.82, 2.24) is 4.98 Å². The molecule has 0 saturated heterocycles. The lowest BCUT2D eigenvalue weighted by Gasteiger charge is -2.56.